The molecule has 2 N–H and O–H groups in total. The van der Waals surface area contributed by atoms with Crippen LogP contribution in [0.3, 0.4) is 0 Å². The number of amides is 2. The number of hydroxylamine groups is 4. The Labute approximate surface area is 375 Å². The highest BCUT2D eigenvalue weighted by Gasteiger charge is 2.39. The first-order chi connectivity index (χ1) is 31.4. The highest BCUT2D eigenvalue weighted by molar-refractivity contribution is 5.89. The maximum absolute atomic E-state index is 15.0. The average Bonchev–Trinajstić information content (AvgIpc) is 3.37. The molecule has 0 bridgehead atoms. The van der Waals surface area contributed by atoms with Crippen LogP contribution in [0.5, 0.6) is 0 Å². The molecule has 316 valence electrons. The summed E-state index contributed by atoms with van der Waals surface area (Å²) in [4.78, 5) is 29.9. The summed E-state index contributed by atoms with van der Waals surface area (Å²) >= 11 is 0. The van der Waals surface area contributed by atoms with Gasteiger partial charge in [0.25, 0.3) is 11.8 Å². The third-order valence-corrected chi connectivity index (χ3v) is 12.6. The lowest BCUT2D eigenvalue weighted by molar-refractivity contribution is -0.195. The zero-order valence-electron chi connectivity index (χ0n) is 35.5. The average molecular weight is 839 g/mol. The van der Waals surface area contributed by atoms with E-state index in [2.05, 4.69) is 0 Å². The van der Waals surface area contributed by atoms with Gasteiger partial charge in [-0.1, -0.05) is 218 Å². The van der Waals surface area contributed by atoms with Crippen molar-refractivity contribution in [3.63, 3.8) is 0 Å². The SMILES string of the molecule is O=C(C(c1cccc(-c2ccccc2)c1)c1cccc(-c2ccccc2)c1)N(O)[C@@H]1CCC[C@@H](N(O)C(=O)C(c2cccc(-c3ccccc3)c2)c2cccc(-c3ccccc3)c2)C1. The van der Waals surface area contributed by atoms with E-state index in [0.717, 1.165) is 76.9 Å². The van der Waals surface area contributed by atoms with Gasteiger partial charge in [0.1, 0.15) is 0 Å². The molecule has 1 aliphatic rings. The van der Waals surface area contributed by atoms with E-state index in [1.807, 2.05) is 218 Å². The van der Waals surface area contributed by atoms with Gasteiger partial charge in [0.15, 0.2) is 0 Å². The van der Waals surface area contributed by atoms with Gasteiger partial charge in [0.05, 0.1) is 23.9 Å². The standard InChI is InChI=1S/C58H50N2O4/c61-57(55(49-30-13-26-45(36-49)41-18-5-1-6-19-41)50-31-14-27-46(37-50)42-20-7-2-8-21-42)59(63)53-34-17-35-54(40-53)60(64)58(62)56(51-32-15-28-47(38-51)43-22-9-3-10-23-43)52-33-16-29-48(39-52)44-24-11-4-12-25-44/h1-16,18-33,36-39,53-56,63-64H,17,34-35,40H2/t53-,54-/m1/s1. The monoisotopic (exact) mass is 838 g/mol. The van der Waals surface area contributed by atoms with Gasteiger partial charge in [-0.25, -0.2) is 10.1 Å². The molecule has 2 atom stereocenters. The van der Waals surface area contributed by atoms with Crippen LogP contribution in [-0.2, 0) is 9.59 Å². The molecular formula is C58H50N2O4. The molecule has 1 aliphatic carbocycles. The Morgan fingerprint density at radius 3 is 0.875 bits per heavy atom. The zero-order valence-corrected chi connectivity index (χ0v) is 35.5. The van der Waals surface area contributed by atoms with Crippen LogP contribution in [0.15, 0.2) is 218 Å². The second-order valence-electron chi connectivity index (χ2n) is 16.7. The predicted octanol–water partition coefficient (Wildman–Crippen LogP) is 13.1. The van der Waals surface area contributed by atoms with Crippen molar-refractivity contribution in [2.75, 3.05) is 0 Å². The number of carbonyl (C=O) groups excluding carboxylic acids is 2. The molecule has 1 fully saturated rings. The molecule has 8 aromatic carbocycles. The van der Waals surface area contributed by atoms with Gasteiger partial charge in [-0.2, -0.15) is 0 Å². The molecule has 2 amide bonds. The smallest absolute Gasteiger partial charge is 0.258 e. The molecule has 9 rings (SSSR count). The molecule has 6 heteroatoms. The molecule has 0 radical (unpaired) electrons. The van der Waals surface area contributed by atoms with Crippen molar-refractivity contribution in [2.24, 2.45) is 0 Å². The minimum absolute atomic E-state index is 0.201. The van der Waals surface area contributed by atoms with Crippen LogP contribution >= 0.6 is 0 Å². The second-order valence-corrected chi connectivity index (χ2v) is 16.7. The van der Waals surface area contributed by atoms with E-state index >= 15 is 0 Å². The number of nitrogens with zero attached hydrogens (tertiary/aromatic N) is 2. The van der Waals surface area contributed by atoms with Gasteiger partial charge in [-0.05, 0) is 92.4 Å². The molecule has 1 saturated carbocycles. The molecule has 64 heavy (non-hydrogen) atoms. The van der Waals surface area contributed by atoms with Gasteiger partial charge < -0.3 is 0 Å². The predicted molar refractivity (Wildman–Crippen MR) is 255 cm³/mol. The summed E-state index contributed by atoms with van der Waals surface area (Å²) in [6.45, 7) is 0. The maximum atomic E-state index is 15.0. The fourth-order valence-electron chi connectivity index (χ4n) is 9.28. The minimum atomic E-state index is -0.831. The van der Waals surface area contributed by atoms with Crippen molar-refractivity contribution in [3.05, 3.63) is 241 Å². The first kappa shape index (κ1) is 41.9. The van der Waals surface area contributed by atoms with E-state index in [1.165, 1.54) is 0 Å². The Morgan fingerprint density at radius 1 is 0.359 bits per heavy atom. The number of carbonyl (C=O) groups is 2. The normalized spacial score (nSPS) is 14.9. The van der Waals surface area contributed by atoms with Gasteiger partial charge >= 0.3 is 0 Å². The zero-order chi connectivity index (χ0) is 43.8. The Morgan fingerprint density at radius 2 is 0.609 bits per heavy atom. The van der Waals surface area contributed by atoms with Crippen molar-refractivity contribution < 1.29 is 20.0 Å². The van der Waals surface area contributed by atoms with Crippen molar-refractivity contribution in [1.29, 1.82) is 0 Å². The third kappa shape index (κ3) is 9.20. The Bertz CT molecular complexity index is 2470. The van der Waals surface area contributed by atoms with Crippen molar-refractivity contribution in [3.8, 4) is 44.5 Å². The number of hydrogen-bond donors (Lipinski definition) is 2. The fourth-order valence-corrected chi connectivity index (χ4v) is 9.28. The van der Waals surface area contributed by atoms with Crippen LogP contribution in [-0.4, -0.2) is 44.4 Å². The largest absolute Gasteiger partial charge is 0.286 e. The molecule has 0 aliphatic heterocycles. The van der Waals surface area contributed by atoms with Gasteiger partial charge in [0.2, 0.25) is 0 Å². The lowest BCUT2D eigenvalue weighted by Gasteiger charge is -2.38. The molecule has 6 nitrogen and oxygen atoms in total. The van der Waals surface area contributed by atoms with E-state index in [-0.39, 0.29) is 6.42 Å². The van der Waals surface area contributed by atoms with Crippen LogP contribution in [0.1, 0.15) is 59.8 Å². The van der Waals surface area contributed by atoms with E-state index in [1.54, 1.807) is 0 Å². The summed E-state index contributed by atoms with van der Waals surface area (Å²) in [5.74, 6) is -2.60. The molecular weight excluding hydrogens is 789 g/mol. The maximum Gasteiger partial charge on any atom is 0.258 e. The van der Waals surface area contributed by atoms with Crippen LogP contribution < -0.4 is 0 Å². The van der Waals surface area contributed by atoms with Crippen molar-refractivity contribution >= 4 is 11.8 Å². The quantitative estimate of drug-likeness (QED) is 0.0948. The first-order valence-electron chi connectivity index (χ1n) is 22.1. The fraction of sp³-hybridized carbons (Fsp3) is 0.138. The highest BCUT2D eigenvalue weighted by Crippen LogP contribution is 2.37. The summed E-state index contributed by atoms with van der Waals surface area (Å²) < 4.78 is 0. The summed E-state index contributed by atoms with van der Waals surface area (Å²) in [5, 5.41) is 25.9. The van der Waals surface area contributed by atoms with Gasteiger partial charge in [-0.15, -0.1) is 0 Å². The highest BCUT2D eigenvalue weighted by atomic mass is 16.5. The number of rotatable bonds is 12. The minimum Gasteiger partial charge on any atom is -0.286 e. The van der Waals surface area contributed by atoms with Crippen molar-refractivity contribution in [1.82, 2.24) is 10.1 Å². The number of benzene rings is 8. The third-order valence-electron chi connectivity index (χ3n) is 12.6. The Hall–Kier alpha value is -7.38. The van der Waals surface area contributed by atoms with E-state index in [4.69, 9.17) is 0 Å². The second kappa shape index (κ2) is 19.3. The van der Waals surface area contributed by atoms with Crippen LogP contribution in [0.4, 0.5) is 0 Å². The van der Waals surface area contributed by atoms with E-state index < -0.39 is 35.7 Å². The van der Waals surface area contributed by atoms with Crippen molar-refractivity contribution in [2.45, 2.75) is 49.6 Å². The summed E-state index contributed by atoms with van der Waals surface area (Å²) in [7, 11) is 0. The molecule has 0 unspecified atom stereocenters. The van der Waals surface area contributed by atoms with Crippen LogP contribution in [0.2, 0.25) is 0 Å². The Balaban J connectivity index is 1.02. The topological polar surface area (TPSA) is 81.1 Å². The van der Waals surface area contributed by atoms with Gasteiger partial charge in [-0.3, -0.25) is 20.0 Å². The van der Waals surface area contributed by atoms with E-state index in [0.29, 0.717) is 19.3 Å². The van der Waals surface area contributed by atoms with Crippen LogP contribution in [0.25, 0.3) is 44.5 Å². The summed E-state index contributed by atoms with van der Waals surface area (Å²) in [5.41, 5.74) is 10.9. The lowest BCUT2D eigenvalue weighted by atomic mass is 9.84. The lowest BCUT2D eigenvalue weighted by Crippen LogP contribution is -2.49. The van der Waals surface area contributed by atoms with Gasteiger partial charge in [0, 0.05) is 0 Å². The number of hydrogen-bond acceptors (Lipinski definition) is 4. The molecule has 0 aromatic heterocycles. The first-order valence-corrected chi connectivity index (χ1v) is 22.1. The molecule has 0 heterocycles. The molecule has 8 aromatic rings. The Kier molecular flexibility index (Phi) is 12.7. The van der Waals surface area contributed by atoms with Crippen LogP contribution in [0, 0.1) is 0 Å². The summed E-state index contributed by atoms with van der Waals surface area (Å²) in [6, 6.07) is 70.6. The summed E-state index contributed by atoms with van der Waals surface area (Å²) in [6.07, 6.45) is 1.83. The van der Waals surface area contributed by atoms with E-state index in [9.17, 15) is 20.0 Å². The molecule has 0 spiro atoms. The molecule has 0 saturated heterocycles.